The van der Waals surface area contributed by atoms with Crippen molar-refractivity contribution in [2.45, 2.75) is 20.8 Å². The van der Waals surface area contributed by atoms with Gasteiger partial charge in [0, 0.05) is 31.9 Å². The number of pyridine rings is 1. The second kappa shape index (κ2) is 6.44. The van der Waals surface area contributed by atoms with Gasteiger partial charge in [-0.3, -0.25) is 0 Å². The van der Waals surface area contributed by atoms with Crippen molar-refractivity contribution in [2.24, 2.45) is 0 Å². The highest BCUT2D eigenvalue weighted by Gasteiger charge is 2.26. The third kappa shape index (κ3) is 2.71. The zero-order chi connectivity index (χ0) is 18.3. The quantitative estimate of drug-likeness (QED) is 0.698. The van der Waals surface area contributed by atoms with Crippen molar-refractivity contribution in [3.63, 3.8) is 0 Å². The Labute approximate surface area is 150 Å². The molecule has 136 valence electrons. The molecule has 8 heteroatoms. The van der Waals surface area contributed by atoms with E-state index in [1.165, 1.54) is 0 Å². The lowest BCUT2D eigenvalue weighted by molar-refractivity contribution is 0.105. The summed E-state index contributed by atoms with van der Waals surface area (Å²) in [6, 6.07) is 2.02. The summed E-state index contributed by atoms with van der Waals surface area (Å²) in [7, 11) is 0. The number of carbonyl (C=O) groups is 1. The summed E-state index contributed by atoms with van der Waals surface area (Å²) in [4.78, 5) is 29.1. The van der Waals surface area contributed by atoms with Gasteiger partial charge in [0.25, 0.3) is 0 Å². The van der Waals surface area contributed by atoms with Gasteiger partial charge in [0.15, 0.2) is 11.4 Å². The average Bonchev–Trinajstić information content (AvgIpc) is 3.00. The Bertz CT molecular complexity index is 976. The third-order valence-electron chi connectivity index (χ3n) is 4.64. The van der Waals surface area contributed by atoms with E-state index in [2.05, 4.69) is 19.9 Å². The van der Waals surface area contributed by atoms with Crippen molar-refractivity contribution >= 4 is 34.1 Å². The first kappa shape index (κ1) is 16.6. The molecular formula is C18H21N5O3. The van der Waals surface area contributed by atoms with E-state index in [9.17, 15) is 4.79 Å². The molecule has 0 saturated carbocycles. The monoisotopic (exact) mass is 355 g/mol. The summed E-state index contributed by atoms with van der Waals surface area (Å²) < 4.78 is 11.1. The maximum absolute atomic E-state index is 11.9. The second-order valence-corrected chi connectivity index (χ2v) is 6.41. The smallest absolute Gasteiger partial charge is 0.409 e. The fourth-order valence-electron chi connectivity index (χ4n) is 3.44. The van der Waals surface area contributed by atoms with Crippen molar-refractivity contribution in [3.8, 4) is 0 Å². The van der Waals surface area contributed by atoms with Crippen LogP contribution < -0.4 is 4.90 Å². The molecule has 3 aromatic heterocycles. The van der Waals surface area contributed by atoms with Crippen LogP contribution in [0.4, 0.5) is 10.6 Å². The number of aryl methyl sites for hydroxylation is 2. The van der Waals surface area contributed by atoms with Crippen molar-refractivity contribution in [3.05, 3.63) is 23.7 Å². The van der Waals surface area contributed by atoms with Gasteiger partial charge in [-0.25, -0.2) is 19.7 Å². The zero-order valence-corrected chi connectivity index (χ0v) is 15.2. The molecule has 4 rings (SSSR count). The molecule has 0 bridgehead atoms. The van der Waals surface area contributed by atoms with E-state index in [4.69, 9.17) is 9.15 Å². The molecule has 0 atom stereocenters. The number of anilines is 1. The molecule has 1 aliphatic heterocycles. The molecule has 1 saturated heterocycles. The Hall–Kier alpha value is -2.90. The molecule has 8 nitrogen and oxygen atoms in total. The predicted molar refractivity (Wildman–Crippen MR) is 97.4 cm³/mol. The molecule has 0 aromatic carbocycles. The standard InChI is InChI=1S/C18H21N5O3/c1-4-25-18(24)23-7-5-22(6-8-23)16-15-14(19-10-20-16)13-11(2)9-12(3)21-17(13)26-15/h9-10H,4-8H2,1-3H3. The van der Waals surface area contributed by atoms with Crippen LogP contribution in [0.3, 0.4) is 0 Å². The lowest BCUT2D eigenvalue weighted by Crippen LogP contribution is -2.49. The first-order valence-corrected chi connectivity index (χ1v) is 8.76. The summed E-state index contributed by atoms with van der Waals surface area (Å²) in [5.41, 5.74) is 4.01. The Morgan fingerprint density at radius 2 is 2.00 bits per heavy atom. The van der Waals surface area contributed by atoms with Crippen LogP contribution in [0, 0.1) is 13.8 Å². The largest absolute Gasteiger partial charge is 0.450 e. The van der Waals surface area contributed by atoms with E-state index in [0.29, 0.717) is 44.1 Å². The van der Waals surface area contributed by atoms with Crippen molar-refractivity contribution in [1.82, 2.24) is 19.9 Å². The molecule has 0 radical (unpaired) electrons. The minimum Gasteiger partial charge on any atom is -0.450 e. The van der Waals surface area contributed by atoms with E-state index in [1.807, 2.05) is 26.8 Å². The van der Waals surface area contributed by atoms with Crippen molar-refractivity contribution in [1.29, 1.82) is 0 Å². The second-order valence-electron chi connectivity index (χ2n) is 6.41. The van der Waals surface area contributed by atoms with Gasteiger partial charge in [-0.05, 0) is 32.4 Å². The van der Waals surface area contributed by atoms with Crippen LogP contribution in [0.5, 0.6) is 0 Å². The Balaban J connectivity index is 1.68. The summed E-state index contributed by atoms with van der Waals surface area (Å²) in [6.07, 6.45) is 1.29. The molecule has 0 N–H and O–H groups in total. The number of nitrogens with zero attached hydrogens (tertiary/aromatic N) is 5. The summed E-state index contributed by atoms with van der Waals surface area (Å²) in [6.45, 7) is 8.66. The molecule has 3 aromatic rings. The van der Waals surface area contributed by atoms with Gasteiger partial charge in [0.2, 0.25) is 5.71 Å². The van der Waals surface area contributed by atoms with Crippen LogP contribution in [0.2, 0.25) is 0 Å². The number of aromatic nitrogens is 3. The number of furan rings is 1. The number of fused-ring (bicyclic) bond motifs is 3. The molecular weight excluding hydrogens is 334 g/mol. The SMILES string of the molecule is CCOC(=O)N1CCN(c2ncnc3c2oc2nc(C)cc(C)c23)CC1. The van der Waals surface area contributed by atoms with Gasteiger partial charge in [0.05, 0.1) is 12.0 Å². The third-order valence-corrected chi connectivity index (χ3v) is 4.64. The molecule has 1 amide bonds. The summed E-state index contributed by atoms with van der Waals surface area (Å²) >= 11 is 0. The average molecular weight is 355 g/mol. The van der Waals surface area contributed by atoms with Gasteiger partial charge >= 0.3 is 6.09 Å². The maximum Gasteiger partial charge on any atom is 0.409 e. The number of carbonyl (C=O) groups excluding carboxylic acids is 1. The molecule has 4 heterocycles. The first-order chi connectivity index (χ1) is 12.6. The van der Waals surface area contributed by atoms with E-state index in [0.717, 1.165) is 28.0 Å². The minimum atomic E-state index is -0.265. The Morgan fingerprint density at radius 3 is 2.73 bits per heavy atom. The number of amides is 1. The number of rotatable bonds is 2. The van der Waals surface area contributed by atoms with Gasteiger partial charge < -0.3 is 19.0 Å². The van der Waals surface area contributed by atoms with Crippen LogP contribution in [-0.4, -0.2) is 58.7 Å². The lowest BCUT2D eigenvalue weighted by Gasteiger charge is -2.34. The van der Waals surface area contributed by atoms with E-state index in [1.54, 1.807) is 11.2 Å². The topological polar surface area (TPSA) is 84.6 Å². The first-order valence-electron chi connectivity index (χ1n) is 8.76. The van der Waals surface area contributed by atoms with Gasteiger partial charge in [0.1, 0.15) is 11.8 Å². The van der Waals surface area contributed by atoms with Gasteiger partial charge in [-0.2, -0.15) is 0 Å². The number of hydrogen-bond donors (Lipinski definition) is 0. The molecule has 1 aliphatic rings. The molecule has 1 fully saturated rings. The van der Waals surface area contributed by atoms with Crippen LogP contribution in [0.25, 0.3) is 22.2 Å². The highest BCUT2D eigenvalue weighted by Crippen LogP contribution is 2.33. The normalized spacial score (nSPS) is 15.0. The highest BCUT2D eigenvalue weighted by molar-refractivity contribution is 6.06. The molecule has 0 aliphatic carbocycles. The molecule has 0 spiro atoms. The van der Waals surface area contributed by atoms with Crippen LogP contribution in [0.1, 0.15) is 18.2 Å². The van der Waals surface area contributed by atoms with Crippen LogP contribution in [0.15, 0.2) is 16.8 Å². The fraction of sp³-hybridized carbons (Fsp3) is 0.444. The molecule has 26 heavy (non-hydrogen) atoms. The Kier molecular flexibility index (Phi) is 4.10. The molecule has 0 unspecified atom stereocenters. The van der Waals surface area contributed by atoms with E-state index >= 15 is 0 Å². The summed E-state index contributed by atoms with van der Waals surface area (Å²) in [5, 5.41) is 0.930. The predicted octanol–water partition coefficient (Wildman–Crippen LogP) is 2.67. The number of ether oxygens (including phenoxy) is 1. The van der Waals surface area contributed by atoms with Crippen molar-refractivity contribution in [2.75, 3.05) is 37.7 Å². The van der Waals surface area contributed by atoms with Crippen LogP contribution in [-0.2, 0) is 4.74 Å². The van der Waals surface area contributed by atoms with E-state index in [-0.39, 0.29) is 6.09 Å². The number of hydrogen-bond acceptors (Lipinski definition) is 7. The minimum absolute atomic E-state index is 0.265. The zero-order valence-electron chi connectivity index (χ0n) is 15.2. The summed E-state index contributed by atoms with van der Waals surface area (Å²) in [5.74, 6) is 0.744. The maximum atomic E-state index is 11.9. The number of piperazine rings is 1. The van der Waals surface area contributed by atoms with Crippen LogP contribution >= 0.6 is 0 Å². The fourth-order valence-corrected chi connectivity index (χ4v) is 3.44. The highest BCUT2D eigenvalue weighted by atomic mass is 16.6. The van der Waals surface area contributed by atoms with Gasteiger partial charge in [-0.15, -0.1) is 0 Å². The van der Waals surface area contributed by atoms with Gasteiger partial charge in [-0.1, -0.05) is 0 Å². The lowest BCUT2D eigenvalue weighted by atomic mass is 10.1. The Morgan fingerprint density at radius 1 is 1.23 bits per heavy atom. The van der Waals surface area contributed by atoms with E-state index < -0.39 is 0 Å². The van der Waals surface area contributed by atoms with Crippen molar-refractivity contribution < 1.29 is 13.9 Å².